The van der Waals surface area contributed by atoms with Gasteiger partial charge in [0.15, 0.2) is 0 Å². The second-order valence-corrected chi connectivity index (χ2v) is 5.60. The number of hydrogen-bond donors (Lipinski definition) is 1. The van der Waals surface area contributed by atoms with E-state index >= 15 is 0 Å². The van der Waals surface area contributed by atoms with Crippen LogP contribution in [-0.4, -0.2) is 18.7 Å². The van der Waals surface area contributed by atoms with Crippen LogP contribution in [0, 0.1) is 5.92 Å². The van der Waals surface area contributed by atoms with Crippen LogP contribution < -0.4 is 10.2 Å². The Bertz CT molecular complexity index is 627. The van der Waals surface area contributed by atoms with Crippen molar-refractivity contribution >= 4 is 11.6 Å². The van der Waals surface area contributed by atoms with E-state index in [9.17, 15) is 4.79 Å². The van der Waals surface area contributed by atoms with Crippen LogP contribution in [0.2, 0.25) is 0 Å². The second-order valence-electron chi connectivity index (χ2n) is 5.60. The molecule has 0 saturated carbocycles. The molecule has 0 saturated heterocycles. The van der Waals surface area contributed by atoms with E-state index in [1.807, 2.05) is 13.8 Å². The third kappa shape index (κ3) is 3.85. The Morgan fingerprint density at radius 3 is 2.64 bits per heavy atom. The fraction of sp³-hybridized carbons (Fsp3) is 0.333. The molecule has 1 N–H and O–H groups in total. The molecule has 0 heterocycles. The molecule has 22 heavy (non-hydrogen) atoms. The minimum atomic E-state index is -0.222. The molecular formula is C18H22N2O2. The number of nitrogens with one attached hydrogen (secondary N) is 1. The first kappa shape index (κ1) is 16.0. The van der Waals surface area contributed by atoms with Gasteiger partial charge in [-0.25, -0.2) is 5.43 Å². The standard InChI is InChI=1S/C18H22N2O2/c1-12(2)15-6-5-13(3)17(11-15)19-20-18(21)14-7-9-16(22-4)10-8-14/h5,7-10,15H,1,6,11H2,2-4H3,(H,20,21)/b19-17-. The van der Waals surface area contributed by atoms with Gasteiger partial charge in [-0.1, -0.05) is 18.2 Å². The Labute approximate surface area is 131 Å². The van der Waals surface area contributed by atoms with Crippen molar-refractivity contribution in [1.29, 1.82) is 0 Å². The molecule has 116 valence electrons. The van der Waals surface area contributed by atoms with Crippen molar-refractivity contribution in [3.63, 3.8) is 0 Å². The maximum absolute atomic E-state index is 12.1. The summed E-state index contributed by atoms with van der Waals surface area (Å²) in [7, 11) is 1.59. The molecule has 1 atom stereocenters. The number of hydrogen-bond acceptors (Lipinski definition) is 3. The van der Waals surface area contributed by atoms with Gasteiger partial charge in [0, 0.05) is 5.56 Å². The number of hydrazone groups is 1. The number of amides is 1. The van der Waals surface area contributed by atoms with Crippen LogP contribution in [0.15, 0.2) is 53.2 Å². The quantitative estimate of drug-likeness (QED) is 0.680. The molecule has 1 aliphatic rings. The van der Waals surface area contributed by atoms with Crippen molar-refractivity contribution in [2.75, 3.05) is 7.11 Å². The summed E-state index contributed by atoms with van der Waals surface area (Å²) in [5.74, 6) is 0.902. The summed E-state index contributed by atoms with van der Waals surface area (Å²) in [4.78, 5) is 12.1. The molecule has 4 heteroatoms. The number of carbonyl (C=O) groups excluding carboxylic acids is 1. The van der Waals surface area contributed by atoms with Crippen LogP contribution in [0.25, 0.3) is 0 Å². The van der Waals surface area contributed by atoms with Crippen LogP contribution in [-0.2, 0) is 0 Å². The monoisotopic (exact) mass is 298 g/mol. The Morgan fingerprint density at radius 1 is 1.36 bits per heavy atom. The second kappa shape index (κ2) is 7.07. The predicted molar refractivity (Wildman–Crippen MR) is 89.2 cm³/mol. The molecule has 1 aliphatic carbocycles. The van der Waals surface area contributed by atoms with Crippen molar-refractivity contribution in [3.8, 4) is 5.75 Å². The van der Waals surface area contributed by atoms with E-state index in [1.54, 1.807) is 31.4 Å². The number of ether oxygens (including phenoxy) is 1. The number of methoxy groups -OCH3 is 1. The Kier molecular flexibility index (Phi) is 5.15. The van der Waals surface area contributed by atoms with E-state index in [-0.39, 0.29) is 5.91 Å². The molecule has 4 nitrogen and oxygen atoms in total. The molecule has 0 aromatic heterocycles. The van der Waals surface area contributed by atoms with E-state index in [4.69, 9.17) is 4.74 Å². The summed E-state index contributed by atoms with van der Waals surface area (Å²) in [6.07, 6.45) is 3.97. The van der Waals surface area contributed by atoms with Gasteiger partial charge in [0.1, 0.15) is 5.75 Å². The van der Waals surface area contributed by atoms with Gasteiger partial charge in [0.25, 0.3) is 5.91 Å². The van der Waals surface area contributed by atoms with Crippen molar-refractivity contribution in [2.24, 2.45) is 11.0 Å². The first-order valence-corrected chi connectivity index (χ1v) is 7.34. The average molecular weight is 298 g/mol. The summed E-state index contributed by atoms with van der Waals surface area (Å²) < 4.78 is 5.08. The zero-order chi connectivity index (χ0) is 16.1. The fourth-order valence-corrected chi connectivity index (χ4v) is 2.35. The van der Waals surface area contributed by atoms with Gasteiger partial charge < -0.3 is 4.74 Å². The molecule has 0 radical (unpaired) electrons. The van der Waals surface area contributed by atoms with E-state index in [2.05, 4.69) is 23.2 Å². The fourth-order valence-electron chi connectivity index (χ4n) is 2.35. The summed E-state index contributed by atoms with van der Waals surface area (Å²) in [5, 5.41) is 4.29. The third-order valence-corrected chi connectivity index (χ3v) is 3.95. The van der Waals surface area contributed by atoms with E-state index in [0.29, 0.717) is 11.5 Å². The number of nitrogens with zero attached hydrogens (tertiary/aromatic N) is 1. The van der Waals surface area contributed by atoms with Crippen molar-refractivity contribution < 1.29 is 9.53 Å². The lowest BCUT2D eigenvalue weighted by atomic mass is 9.85. The third-order valence-electron chi connectivity index (χ3n) is 3.95. The predicted octanol–water partition coefficient (Wildman–Crippen LogP) is 3.71. The highest BCUT2D eigenvalue weighted by Gasteiger charge is 2.18. The van der Waals surface area contributed by atoms with Crippen LogP contribution in [0.4, 0.5) is 0 Å². The van der Waals surface area contributed by atoms with Gasteiger partial charge in [0.05, 0.1) is 12.8 Å². The number of benzene rings is 1. The first-order valence-electron chi connectivity index (χ1n) is 7.34. The Morgan fingerprint density at radius 2 is 2.05 bits per heavy atom. The summed E-state index contributed by atoms with van der Waals surface area (Å²) in [6.45, 7) is 8.07. The molecular weight excluding hydrogens is 276 g/mol. The molecule has 1 aromatic rings. The molecule has 1 aromatic carbocycles. The van der Waals surface area contributed by atoms with E-state index < -0.39 is 0 Å². The van der Waals surface area contributed by atoms with Crippen LogP contribution in [0.1, 0.15) is 37.0 Å². The molecule has 0 bridgehead atoms. The average Bonchev–Trinajstić information content (AvgIpc) is 2.53. The highest BCUT2D eigenvalue weighted by atomic mass is 16.5. The van der Waals surface area contributed by atoms with Crippen molar-refractivity contribution in [1.82, 2.24) is 5.43 Å². The highest BCUT2D eigenvalue weighted by molar-refractivity contribution is 6.02. The zero-order valence-electron chi connectivity index (χ0n) is 13.3. The minimum absolute atomic E-state index is 0.222. The number of allylic oxidation sites excluding steroid dienone is 3. The summed E-state index contributed by atoms with van der Waals surface area (Å²) in [5.41, 5.74) is 6.38. The van der Waals surface area contributed by atoms with Crippen molar-refractivity contribution in [3.05, 3.63) is 53.6 Å². The van der Waals surface area contributed by atoms with E-state index in [1.165, 1.54) is 0 Å². The minimum Gasteiger partial charge on any atom is -0.497 e. The maximum Gasteiger partial charge on any atom is 0.271 e. The largest absolute Gasteiger partial charge is 0.497 e. The van der Waals surface area contributed by atoms with Crippen LogP contribution in [0.3, 0.4) is 0 Å². The summed E-state index contributed by atoms with van der Waals surface area (Å²) in [6, 6.07) is 6.94. The molecule has 1 unspecified atom stereocenters. The number of carbonyl (C=O) groups is 1. The molecule has 1 amide bonds. The lowest BCUT2D eigenvalue weighted by molar-refractivity contribution is 0.0954. The van der Waals surface area contributed by atoms with Gasteiger partial charge in [-0.15, -0.1) is 0 Å². The van der Waals surface area contributed by atoms with Gasteiger partial charge in [-0.05, 0) is 62.4 Å². The van der Waals surface area contributed by atoms with Gasteiger partial charge in [-0.3, -0.25) is 4.79 Å². The van der Waals surface area contributed by atoms with Crippen LogP contribution in [0.5, 0.6) is 5.75 Å². The van der Waals surface area contributed by atoms with Gasteiger partial charge in [-0.2, -0.15) is 5.10 Å². The number of rotatable bonds is 4. The lowest BCUT2D eigenvalue weighted by Crippen LogP contribution is -2.23. The smallest absolute Gasteiger partial charge is 0.271 e. The molecule has 0 spiro atoms. The van der Waals surface area contributed by atoms with Crippen LogP contribution >= 0.6 is 0 Å². The molecule has 2 rings (SSSR count). The summed E-state index contributed by atoms with van der Waals surface area (Å²) >= 11 is 0. The molecule has 0 aliphatic heterocycles. The topological polar surface area (TPSA) is 50.7 Å². The zero-order valence-corrected chi connectivity index (χ0v) is 13.3. The molecule has 0 fully saturated rings. The highest BCUT2D eigenvalue weighted by Crippen LogP contribution is 2.26. The Balaban J connectivity index is 2.06. The van der Waals surface area contributed by atoms with E-state index in [0.717, 1.165) is 35.4 Å². The maximum atomic E-state index is 12.1. The lowest BCUT2D eigenvalue weighted by Gasteiger charge is -2.22. The van der Waals surface area contributed by atoms with Gasteiger partial charge >= 0.3 is 0 Å². The van der Waals surface area contributed by atoms with Crippen molar-refractivity contribution in [2.45, 2.75) is 26.7 Å². The normalized spacial score (nSPS) is 19.5. The van der Waals surface area contributed by atoms with Gasteiger partial charge in [0.2, 0.25) is 0 Å². The SMILES string of the molecule is C=C(C)C1CC=C(C)/C(=N\NC(=O)c2ccc(OC)cc2)C1. The Hall–Kier alpha value is -2.36. The first-order chi connectivity index (χ1) is 10.5.